The van der Waals surface area contributed by atoms with Crippen molar-refractivity contribution in [2.45, 2.75) is 52.4 Å². The van der Waals surface area contributed by atoms with Crippen molar-refractivity contribution in [3.63, 3.8) is 0 Å². The molecule has 3 nitrogen and oxygen atoms in total. The molecule has 48 heavy (non-hydrogen) atoms. The second-order valence-electron chi connectivity index (χ2n) is 15.7. The largest absolute Gasteiger partial charge is 0.456 e. The molecular formula is C44H37BN2O. The second kappa shape index (κ2) is 9.23. The SMILES string of the molecule is CC(C)(C)c1ccccc1N1c2cccc(C(C)(C)C)c2B2c3c(cc4oc5ccccc5c4c31)-c1cccc3c4ccccc4n2c13. The molecule has 4 heteroatoms. The fourth-order valence-electron chi connectivity index (χ4n) is 8.92. The number of hydrogen-bond acceptors (Lipinski definition) is 2. The molecule has 2 aliphatic rings. The zero-order valence-electron chi connectivity index (χ0n) is 28.3. The van der Waals surface area contributed by atoms with Crippen LogP contribution in [-0.2, 0) is 10.8 Å². The molecule has 232 valence electrons. The van der Waals surface area contributed by atoms with Gasteiger partial charge in [0.15, 0.2) is 0 Å². The topological polar surface area (TPSA) is 21.3 Å². The number of furan rings is 1. The first-order valence-corrected chi connectivity index (χ1v) is 17.2. The Labute approximate surface area is 281 Å². The Morgan fingerprint density at radius 1 is 0.542 bits per heavy atom. The highest BCUT2D eigenvalue weighted by molar-refractivity contribution is 6.90. The van der Waals surface area contributed by atoms with Crippen LogP contribution in [-0.4, -0.2) is 11.3 Å². The Morgan fingerprint density at radius 3 is 2.00 bits per heavy atom. The zero-order chi connectivity index (χ0) is 32.7. The van der Waals surface area contributed by atoms with Gasteiger partial charge in [-0.2, -0.15) is 0 Å². The fraction of sp³-hybridized carbons (Fsp3) is 0.182. The molecule has 0 bridgehead atoms. The summed E-state index contributed by atoms with van der Waals surface area (Å²) in [7, 11) is 0. The lowest BCUT2D eigenvalue weighted by Crippen LogP contribution is -2.58. The first-order chi connectivity index (χ1) is 23.1. The quantitative estimate of drug-likeness (QED) is 0.170. The fourth-order valence-corrected chi connectivity index (χ4v) is 8.92. The van der Waals surface area contributed by atoms with Crippen molar-refractivity contribution in [2.24, 2.45) is 0 Å². The number of rotatable bonds is 1. The number of fused-ring (bicyclic) bond motifs is 11. The third kappa shape index (κ3) is 3.50. The maximum absolute atomic E-state index is 6.78. The lowest BCUT2D eigenvalue weighted by molar-refractivity contribution is 0.590. The highest BCUT2D eigenvalue weighted by Gasteiger charge is 2.46. The van der Waals surface area contributed by atoms with Crippen molar-refractivity contribution in [2.75, 3.05) is 4.90 Å². The summed E-state index contributed by atoms with van der Waals surface area (Å²) in [4.78, 5) is 2.60. The van der Waals surface area contributed by atoms with Crippen LogP contribution in [0.15, 0.2) is 120 Å². The number of nitrogens with zero attached hydrogens (tertiary/aromatic N) is 2. The van der Waals surface area contributed by atoms with Crippen LogP contribution in [0.5, 0.6) is 0 Å². The van der Waals surface area contributed by atoms with Crippen LogP contribution in [0.4, 0.5) is 17.1 Å². The van der Waals surface area contributed by atoms with E-state index in [-0.39, 0.29) is 17.7 Å². The second-order valence-corrected chi connectivity index (χ2v) is 15.7. The summed E-state index contributed by atoms with van der Waals surface area (Å²) in [5, 5.41) is 4.93. The Bertz CT molecular complexity index is 2660. The minimum atomic E-state index is -0.0797. The lowest BCUT2D eigenvalue weighted by atomic mass is 9.43. The number of anilines is 3. The van der Waals surface area contributed by atoms with Gasteiger partial charge in [0.1, 0.15) is 11.2 Å². The lowest BCUT2D eigenvalue weighted by Gasteiger charge is -2.44. The molecule has 0 amide bonds. The van der Waals surface area contributed by atoms with Crippen molar-refractivity contribution in [1.29, 1.82) is 0 Å². The van der Waals surface area contributed by atoms with E-state index in [2.05, 4.69) is 166 Å². The van der Waals surface area contributed by atoms with Crippen LogP contribution in [0.1, 0.15) is 52.7 Å². The molecule has 0 spiro atoms. The minimum absolute atomic E-state index is 0.0196. The van der Waals surface area contributed by atoms with Gasteiger partial charge in [0, 0.05) is 44.1 Å². The average Bonchev–Trinajstić information content (AvgIpc) is 3.62. The highest BCUT2D eigenvalue weighted by Crippen LogP contribution is 2.51. The van der Waals surface area contributed by atoms with Crippen LogP contribution in [0.25, 0.3) is 54.9 Å². The van der Waals surface area contributed by atoms with Gasteiger partial charge in [0.05, 0.1) is 11.1 Å². The molecule has 0 atom stereocenters. The van der Waals surface area contributed by atoms with Gasteiger partial charge in [-0.1, -0.05) is 126 Å². The predicted octanol–water partition coefficient (Wildman–Crippen LogP) is 10.7. The molecule has 0 fully saturated rings. The molecule has 8 aromatic rings. The van der Waals surface area contributed by atoms with E-state index < -0.39 is 0 Å². The first kappa shape index (κ1) is 27.9. The third-order valence-electron chi connectivity index (χ3n) is 10.8. The van der Waals surface area contributed by atoms with E-state index in [9.17, 15) is 0 Å². The maximum atomic E-state index is 6.78. The molecule has 2 aromatic heterocycles. The van der Waals surface area contributed by atoms with Crippen LogP contribution in [0, 0.1) is 0 Å². The van der Waals surface area contributed by atoms with E-state index in [1.165, 1.54) is 77.4 Å². The number of aromatic nitrogens is 1. The summed E-state index contributed by atoms with van der Waals surface area (Å²) in [6, 6.07) is 42.7. The van der Waals surface area contributed by atoms with E-state index in [0.717, 1.165) is 16.6 Å². The molecule has 2 aliphatic heterocycles. The number of para-hydroxylation sites is 4. The molecule has 10 rings (SSSR count). The summed E-state index contributed by atoms with van der Waals surface area (Å²) in [6.07, 6.45) is 0. The van der Waals surface area contributed by atoms with Crippen molar-refractivity contribution in [3.8, 4) is 11.1 Å². The number of hydrogen-bond donors (Lipinski definition) is 0. The molecule has 0 radical (unpaired) electrons. The molecule has 0 saturated carbocycles. The van der Waals surface area contributed by atoms with E-state index >= 15 is 0 Å². The van der Waals surface area contributed by atoms with E-state index in [1.807, 2.05) is 0 Å². The third-order valence-corrected chi connectivity index (χ3v) is 10.8. The minimum Gasteiger partial charge on any atom is -0.456 e. The molecule has 0 aliphatic carbocycles. The van der Waals surface area contributed by atoms with Gasteiger partial charge in [0.25, 0.3) is 0 Å². The molecule has 6 aromatic carbocycles. The Kier molecular flexibility index (Phi) is 5.36. The normalized spacial score (nSPS) is 14.0. The predicted molar refractivity (Wildman–Crippen MR) is 205 cm³/mol. The summed E-state index contributed by atoms with van der Waals surface area (Å²) >= 11 is 0. The van der Waals surface area contributed by atoms with E-state index in [1.54, 1.807) is 0 Å². The standard InChI is InChI=1S/C44H37BN2O/c1-43(2,3)31-19-9-11-22-34(31)46-35-23-14-20-32(44(4,5)6)40(35)45-39-30(25-37-38(42(39)46)29-16-8-12-24-36(29)48-37)28-18-13-17-27-26-15-7-10-21-33(26)47(45)41(27)28/h7-25H,1-6H3. The van der Waals surface area contributed by atoms with Crippen LogP contribution >= 0.6 is 0 Å². The van der Waals surface area contributed by atoms with Crippen molar-refractivity contribution in [1.82, 2.24) is 4.48 Å². The smallest absolute Gasteiger partial charge is 0.333 e. The summed E-state index contributed by atoms with van der Waals surface area (Å²) in [5.74, 6) is 0. The first-order valence-electron chi connectivity index (χ1n) is 17.2. The molecule has 0 N–H and O–H groups in total. The van der Waals surface area contributed by atoms with Gasteiger partial charge in [0.2, 0.25) is 0 Å². The van der Waals surface area contributed by atoms with E-state index in [4.69, 9.17) is 4.42 Å². The van der Waals surface area contributed by atoms with Gasteiger partial charge in [-0.05, 0) is 68.8 Å². The van der Waals surface area contributed by atoms with E-state index in [0.29, 0.717) is 0 Å². The van der Waals surface area contributed by atoms with Crippen molar-refractivity contribution < 1.29 is 4.42 Å². The van der Waals surface area contributed by atoms with Crippen LogP contribution < -0.4 is 15.8 Å². The highest BCUT2D eigenvalue weighted by atomic mass is 16.3. The van der Waals surface area contributed by atoms with Crippen LogP contribution in [0.2, 0.25) is 0 Å². The Balaban J connectivity index is 1.49. The van der Waals surface area contributed by atoms with Gasteiger partial charge in [-0.3, -0.25) is 0 Å². The number of benzene rings is 6. The van der Waals surface area contributed by atoms with Gasteiger partial charge in [-0.25, -0.2) is 0 Å². The van der Waals surface area contributed by atoms with Gasteiger partial charge >= 0.3 is 6.85 Å². The molecule has 0 unspecified atom stereocenters. The zero-order valence-corrected chi connectivity index (χ0v) is 28.3. The van der Waals surface area contributed by atoms with Gasteiger partial charge < -0.3 is 13.8 Å². The monoisotopic (exact) mass is 620 g/mol. The summed E-state index contributed by atoms with van der Waals surface area (Å²) in [6.45, 7) is 14.0. The maximum Gasteiger partial charge on any atom is 0.333 e. The summed E-state index contributed by atoms with van der Waals surface area (Å²) in [5.41, 5.74) is 15.9. The summed E-state index contributed by atoms with van der Waals surface area (Å²) < 4.78 is 9.44. The average molecular weight is 621 g/mol. The van der Waals surface area contributed by atoms with Crippen molar-refractivity contribution >= 4 is 78.6 Å². The molecule has 4 heterocycles. The van der Waals surface area contributed by atoms with Gasteiger partial charge in [-0.15, -0.1) is 0 Å². The van der Waals surface area contributed by atoms with Crippen LogP contribution in [0.3, 0.4) is 0 Å². The Hall–Kier alpha value is -5.22. The van der Waals surface area contributed by atoms with Crippen molar-refractivity contribution in [3.05, 3.63) is 126 Å². The molecule has 0 saturated heterocycles. The Morgan fingerprint density at radius 2 is 1.19 bits per heavy atom. The molecular weight excluding hydrogens is 583 g/mol.